The molecule has 3 rings (SSSR count). The summed E-state index contributed by atoms with van der Waals surface area (Å²) in [5, 5.41) is 8.56. The van der Waals surface area contributed by atoms with E-state index in [1.807, 2.05) is 0 Å². The predicted molar refractivity (Wildman–Crippen MR) is 88.5 cm³/mol. The van der Waals surface area contributed by atoms with Crippen molar-refractivity contribution in [2.24, 2.45) is 5.41 Å². The standard InChI is InChI=1S/C18H17FO5S/c1-24-11-18(17(20)21)15(12-6-5-7-13(19)10-12)16(18)25(22,23)14-8-3-2-4-9-14/h2-10,15-16H,11H2,1H3,(H,20,21)/t15-,16-,18-/m0/s1. The first kappa shape index (κ1) is 17.6. The molecular weight excluding hydrogens is 347 g/mol. The lowest BCUT2D eigenvalue weighted by Gasteiger charge is -2.12. The number of benzene rings is 2. The molecule has 25 heavy (non-hydrogen) atoms. The molecule has 1 aliphatic rings. The maximum absolute atomic E-state index is 13.6. The van der Waals surface area contributed by atoms with Gasteiger partial charge in [-0.1, -0.05) is 30.3 Å². The summed E-state index contributed by atoms with van der Waals surface area (Å²) in [5.41, 5.74) is -1.30. The van der Waals surface area contributed by atoms with Crippen LogP contribution < -0.4 is 0 Å². The van der Waals surface area contributed by atoms with Crippen LogP contribution in [0.1, 0.15) is 11.5 Å². The lowest BCUT2D eigenvalue weighted by atomic mass is 10.00. The van der Waals surface area contributed by atoms with Crippen molar-refractivity contribution in [1.29, 1.82) is 0 Å². The lowest BCUT2D eigenvalue weighted by Crippen LogP contribution is -2.28. The number of hydrogen-bond acceptors (Lipinski definition) is 4. The highest BCUT2D eigenvalue weighted by molar-refractivity contribution is 7.92. The van der Waals surface area contributed by atoms with Crippen molar-refractivity contribution in [3.05, 3.63) is 66.0 Å². The van der Waals surface area contributed by atoms with Gasteiger partial charge >= 0.3 is 5.97 Å². The SMILES string of the molecule is COC[C@]1(C(=O)O)[C@@H](c2cccc(F)c2)[C@@H]1S(=O)(=O)c1ccccc1. The molecular formula is C18H17FO5S. The first-order valence-electron chi connectivity index (χ1n) is 7.62. The number of halogens is 1. The van der Waals surface area contributed by atoms with Crippen LogP contribution >= 0.6 is 0 Å². The van der Waals surface area contributed by atoms with Gasteiger partial charge in [0.05, 0.1) is 16.8 Å². The minimum Gasteiger partial charge on any atom is -0.481 e. The summed E-state index contributed by atoms with van der Waals surface area (Å²) >= 11 is 0. The maximum Gasteiger partial charge on any atom is 0.314 e. The van der Waals surface area contributed by atoms with Gasteiger partial charge in [-0.2, -0.15) is 0 Å². The minimum absolute atomic E-state index is 0.0423. The number of carboxylic acids is 1. The fraction of sp³-hybridized carbons (Fsp3) is 0.278. The predicted octanol–water partition coefficient (Wildman–Crippen LogP) is 2.48. The van der Waals surface area contributed by atoms with E-state index in [1.165, 1.54) is 37.4 Å². The second-order valence-corrected chi connectivity index (χ2v) is 8.16. The molecule has 1 N–H and O–H groups in total. The third-order valence-electron chi connectivity index (χ3n) is 4.65. The fourth-order valence-corrected chi connectivity index (χ4v) is 5.90. The molecule has 0 heterocycles. The van der Waals surface area contributed by atoms with Crippen molar-refractivity contribution in [2.45, 2.75) is 16.1 Å². The highest BCUT2D eigenvalue weighted by Gasteiger charge is 2.76. The Kier molecular flexibility index (Phi) is 4.38. The van der Waals surface area contributed by atoms with Crippen LogP contribution in [0.25, 0.3) is 0 Å². The molecule has 1 aliphatic carbocycles. The average molecular weight is 364 g/mol. The summed E-state index contributed by atoms with van der Waals surface area (Å²) in [4.78, 5) is 12.0. The van der Waals surface area contributed by atoms with Crippen molar-refractivity contribution in [1.82, 2.24) is 0 Å². The van der Waals surface area contributed by atoms with Crippen molar-refractivity contribution < 1.29 is 27.4 Å². The summed E-state index contributed by atoms with van der Waals surface area (Å²) in [5.74, 6) is -2.70. The van der Waals surface area contributed by atoms with Gasteiger partial charge < -0.3 is 9.84 Å². The molecule has 0 aromatic heterocycles. The summed E-state index contributed by atoms with van der Waals surface area (Å²) in [6.45, 7) is -0.278. The number of carbonyl (C=O) groups is 1. The largest absolute Gasteiger partial charge is 0.481 e. The van der Waals surface area contributed by atoms with Gasteiger partial charge in [-0.25, -0.2) is 12.8 Å². The van der Waals surface area contributed by atoms with Gasteiger partial charge in [0.15, 0.2) is 9.84 Å². The molecule has 0 bridgehead atoms. The van der Waals surface area contributed by atoms with Gasteiger partial charge in [0.25, 0.3) is 0 Å². The number of methoxy groups -OCH3 is 1. The molecule has 0 saturated heterocycles. The van der Waals surface area contributed by atoms with Crippen LogP contribution in [0.15, 0.2) is 59.5 Å². The summed E-state index contributed by atoms with van der Waals surface area (Å²) < 4.78 is 44.7. The summed E-state index contributed by atoms with van der Waals surface area (Å²) in [6, 6.07) is 13.1. The second kappa shape index (κ2) is 6.24. The van der Waals surface area contributed by atoms with Crippen molar-refractivity contribution in [2.75, 3.05) is 13.7 Å². The third kappa shape index (κ3) is 2.73. The summed E-state index contributed by atoms with van der Waals surface area (Å²) in [7, 11) is -2.62. The molecule has 0 unspecified atom stereocenters. The Morgan fingerprint density at radius 1 is 1.20 bits per heavy atom. The van der Waals surface area contributed by atoms with E-state index in [9.17, 15) is 22.7 Å². The van der Waals surface area contributed by atoms with Crippen LogP contribution in [0.3, 0.4) is 0 Å². The molecule has 0 spiro atoms. The molecule has 5 nitrogen and oxygen atoms in total. The van der Waals surface area contributed by atoms with E-state index in [0.29, 0.717) is 5.56 Å². The number of aliphatic carboxylic acids is 1. The van der Waals surface area contributed by atoms with Crippen molar-refractivity contribution in [3.63, 3.8) is 0 Å². The number of hydrogen-bond donors (Lipinski definition) is 1. The van der Waals surface area contributed by atoms with Crippen LogP contribution in [0.5, 0.6) is 0 Å². The Balaban J connectivity index is 2.14. The Hall–Kier alpha value is -2.25. The van der Waals surface area contributed by atoms with E-state index in [1.54, 1.807) is 24.3 Å². The van der Waals surface area contributed by atoms with E-state index in [4.69, 9.17) is 4.74 Å². The van der Waals surface area contributed by atoms with Crippen LogP contribution in [0, 0.1) is 11.2 Å². The van der Waals surface area contributed by atoms with E-state index in [2.05, 4.69) is 0 Å². The lowest BCUT2D eigenvalue weighted by molar-refractivity contribution is -0.145. The zero-order valence-corrected chi connectivity index (χ0v) is 14.2. The molecule has 2 aromatic rings. The van der Waals surface area contributed by atoms with Gasteiger partial charge in [0.2, 0.25) is 0 Å². The topological polar surface area (TPSA) is 80.7 Å². The Bertz CT molecular complexity index is 897. The molecule has 0 radical (unpaired) electrons. The summed E-state index contributed by atoms with van der Waals surface area (Å²) in [6.07, 6.45) is 0. The smallest absolute Gasteiger partial charge is 0.314 e. The van der Waals surface area contributed by atoms with E-state index in [0.717, 1.165) is 0 Å². The van der Waals surface area contributed by atoms with E-state index < -0.39 is 38.2 Å². The highest BCUT2D eigenvalue weighted by Crippen LogP contribution is 2.64. The Labute approximate surface area is 145 Å². The van der Waals surface area contributed by atoms with Crippen LogP contribution in [0.4, 0.5) is 4.39 Å². The average Bonchev–Trinajstić information content (AvgIpc) is 3.27. The molecule has 2 aromatic carbocycles. The fourth-order valence-electron chi connectivity index (χ4n) is 3.52. The normalized spacial score (nSPS) is 25.5. The van der Waals surface area contributed by atoms with E-state index >= 15 is 0 Å². The minimum atomic E-state index is -3.93. The molecule has 1 saturated carbocycles. The van der Waals surface area contributed by atoms with Crippen LogP contribution in [-0.4, -0.2) is 38.5 Å². The maximum atomic E-state index is 13.6. The monoisotopic (exact) mass is 364 g/mol. The van der Waals surface area contributed by atoms with Gasteiger partial charge in [-0.15, -0.1) is 0 Å². The van der Waals surface area contributed by atoms with Gasteiger partial charge in [0, 0.05) is 13.0 Å². The molecule has 132 valence electrons. The highest BCUT2D eigenvalue weighted by atomic mass is 32.2. The Morgan fingerprint density at radius 2 is 1.88 bits per heavy atom. The van der Waals surface area contributed by atoms with Crippen molar-refractivity contribution >= 4 is 15.8 Å². The number of ether oxygens (including phenoxy) is 1. The zero-order chi connectivity index (χ0) is 18.2. The molecule has 7 heteroatoms. The molecule has 1 fully saturated rings. The van der Waals surface area contributed by atoms with Gasteiger partial charge in [-0.3, -0.25) is 4.79 Å². The van der Waals surface area contributed by atoms with Gasteiger partial charge in [0.1, 0.15) is 11.2 Å². The number of rotatable bonds is 6. The second-order valence-electron chi connectivity index (χ2n) is 6.09. The molecule has 3 atom stereocenters. The molecule has 0 amide bonds. The van der Waals surface area contributed by atoms with E-state index in [-0.39, 0.29) is 11.5 Å². The quantitative estimate of drug-likeness (QED) is 0.852. The van der Waals surface area contributed by atoms with Crippen LogP contribution in [-0.2, 0) is 19.4 Å². The van der Waals surface area contributed by atoms with Crippen molar-refractivity contribution in [3.8, 4) is 0 Å². The third-order valence-corrected chi connectivity index (χ3v) is 6.94. The Morgan fingerprint density at radius 3 is 2.44 bits per heavy atom. The molecule has 0 aliphatic heterocycles. The van der Waals surface area contributed by atoms with Crippen LogP contribution in [0.2, 0.25) is 0 Å². The zero-order valence-electron chi connectivity index (χ0n) is 13.4. The number of carboxylic acid groups (broad SMARTS) is 1. The first-order valence-corrected chi connectivity index (χ1v) is 9.17. The van der Waals surface area contributed by atoms with Gasteiger partial charge in [-0.05, 0) is 29.8 Å². The number of sulfone groups is 1. The first-order chi connectivity index (χ1) is 11.9.